The first-order chi connectivity index (χ1) is 24.0. The predicted octanol–water partition coefficient (Wildman–Crippen LogP) is -4.26. The van der Waals surface area contributed by atoms with E-state index in [2.05, 4.69) is 33.9 Å². The highest BCUT2D eigenvalue weighted by atomic mass is 32.1. The maximum atomic E-state index is 12.4. The van der Waals surface area contributed by atoms with Crippen molar-refractivity contribution in [1.82, 2.24) is 41.1 Å². The standard InChI is InChI=1S/C30H40N8O12S/c1-35(28(48)16-33-21(41)5-3-18(39)14-31-23(43)9-11-37-25(45)7-8-26(37)46)36(2)29(49)17-34-22(42)6-4-19(40)15-32-24(44)10-12-38-27(47)13-20(51)30(38)50/h7-8,20,51H,3-6,9-17H2,1-2H3,(H,31,43)(H,32,44)(H,33,41)(H,34,42). The number of Topliss-reactive ketones (excluding diaryl/α,β-unsaturated/α-hetero) is 2. The van der Waals surface area contributed by atoms with Gasteiger partial charge in [-0.2, -0.15) is 12.6 Å². The van der Waals surface area contributed by atoms with E-state index in [1.165, 1.54) is 14.1 Å². The van der Waals surface area contributed by atoms with E-state index in [-0.39, 0.29) is 71.1 Å². The molecule has 278 valence electrons. The minimum Gasteiger partial charge on any atom is -0.349 e. The molecule has 4 N–H and O–H groups in total. The van der Waals surface area contributed by atoms with Crippen LogP contribution in [0.5, 0.6) is 0 Å². The molecule has 0 aromatic carbocycles. The van der Waals surface area contributed by atoms with Crippen LogP contribution in [0, 0.1) is 0 Å². The molecule has 0 bridgehead atoms. The smallest absolute Gasteiger partial charge is 0.260 e. The quantitative estimate of drug-likeness (QED) is 0.0452. The first-order valence-corrected chi connectivity index (χ1v) is 16.2. The zero-order valence-corrected chi connectivity index (χ0v) is 29.0. The minimum absolute atomic E-state index is 0.0439. The van der Waals surface area contributed by atoms with Gasteiger partial charge < -0.3 is 21.3 Å². The zero-order valence-electron chi connectivity index (χ0n) is 28.1. The van der Waals surface area contributed by atoms with Gasteiger partial charge in [0.2, 0.25) is 35.4 Å². The molecule has 51 heavy (non-hydrogen) atoms. The van der Waals surface area contributed by atoms with Gasteiger partial charge in [0, 0.05) is 84.3 Å². The number of ketones is 2. The van der Waals surface area contributed by atoms with Crippen molar-refractivity contribution in [3.05, 3.63) is 12.2 Å². The van der Waals surface area contributed by atoms with Crippen molar-refractivity contribution in [3.8, 4) is 0 Å². The summed E-state index contributed by atoms with van der Waals surface area (Å²) < 4.78 is 0. The average molecular weight is 737 g/mol. The Morgan fingerprint density at radius 3 is 1.37 bits per heavy atom. The van der Waals surface area contributed by atoms with E-state index < -0.39 is 89.0 Å². The molecular weight excluding hydrogens is 696 g/mol. The van der Waals surface area contributed by atoms with E-state index in [1.54, 1.807) is 0 Å². The highest BCUT2D eigenvalue weighted by Crippen LogP contribution is 2.17. The maximum absolute atomic E-state index is 12.4. The normalized spacial score (nSPS) is 15.1. The molecule has 2 aliphatic heterocycles. The largest absolute Gasteiger partial charge is 0.349 e. The molecule has 0 spiro atoms. The molecule has 1 saturated heterocycles. The predicted molar refractivity (Wildman–Crippen MR) is 175 cm³/mol. The number of hydrazine groups is 1. The number of likely N-dealkylation sites (N-methyl/N-ethyl adjacent to an activating group) is 2. The van der Waals surface area contributed by atoms with Crippen molar-refractivity contribution >= 4 is 83.3 Å². The van der Waals surface area contributed by atoms with E-state index in [9.17, 15) is 57.5 Å². The summed E-state index contributed by atoms with van der Waals surface area (Å²) in [7, 11) is 2.49. The topological polar surface area (TPSA) is 266 Å². The number of carbonyl (C=O) groups excluding carboxylic acids is 12. The van der Waals surface area contributed by atoms with E-state index in [1.807, 2.05) is 0 Å². The van der Waals surface area contributed by atoms with Gasteiger partial charge >= 0.3 is 0 Å². The molecule has 2 aliphatic rings. The van der Waals surface area contributed by atoms with Crippen LogP contribution in [0.2, 0.25) is 0 Å². The fourth-order valence-corrected chi connectivity index (χ4v) is 4.62. The molecule has 1 fully saturated rings. The van der Waals surface area contributed by atoms with Gasteiger partial charge in [0.05, 0.1) is 31.4 Å². The summed E-state index contributed by atoms with van der Waals surface area (Å²) in [6.45, 7) is -2.08. The summed E-state index contributed by atoms with van der Waals surface area (Å²) in [4.78, 5) is 145. The third-order valence-corrected chi connectivity index (χ3v) is 7.92. The van der Waals surface area contributed by atoms with Gasteiger partial charge in [0.15, 0.2) is 11.6 Å². The first kappa shape index (κ1) is 41.7. The number of likely N-dealkylation sites (tertiary alicyclic amines) is 1. The van der Waals surface area contributed by atoms with E-state index in [0.29, 0.717) is 0 Å². The molecule has 0 aromatic heterocycles. The fraction of sp³-hybridized carbons (Fsp3) is 0.533. The van der Waals surface area contributed by atoms with Gasteiger partial charge in [-0.25, -0.2) is 0 Å². The number of hydrogen-bond donors (Lipinski definition) is 5. The number of amides is 10. The van der Waals surface area contributed by atoms with Crippen molar-refractivity contribution < 1.29 is 57.5 Å². The SMILES string of the molecule is CN(C(=O)CNC(=O)CCC(=O)CNC(=O)CCN1C(=O)C=CC1=O)N(C)C(=O)CNC(=O)CCC(=O)CNC(=O)CCN1C(=O)CC(S)C1=O. The van der Waals surface area contributed by atoms with Crippen molar-refractivity contribution in [2.75, 3.05) is 53.4 Å². The van der Waals surface area contributed by atoms with Crippen molar-refractivity contribution in [2.24, 2.45) is 0 Å². The highest BCUT2D eigenvalue weighted by Gasteiger charge is 2.36. The molecule has 0 radical (unpaired) electrons. The first-order valence-electron chi connectivity index (χ1n) is 15.7. The van der Waals surface area contributed by atoms with Gasteiger partial charge in [-0.3, -0.25) is 77.4 Å². The lowest BCUT2D eigenvalue weighted by Gasteiger charge is -2.28. The number of carbonyl (C=O) groups is 12. The van der Waals surface area contributed by atoms with E-state index in [0.717, 1.165) is 32.0 Å². The van der Waals surface area contributed by atoms with Crippen LogP contribution in [-0.2, 0) is 57.5 Å². The zero-order chi connectivity index (χ0) is 38.2. The van der Waals surface area contributed by atoms with Crippen molar-refractivity contribution in [2.45, 2.75) is 50.2 Å². The van der Waals surface area contributed by atoms with Crippen LogP contribution >= 0.6 is 12.6 Å². The summed E-state index contributed by atoms with van der Waals surface area (Å²) in [5, 5.41) is 10.4. The van der Waals surface area contributed by atoms with Gasteiger partial charge in [0.1, 0.15) is 0 Å². The van der Waals surface area contributed by atoms with Crippen LogP contribution in [0.1, 0.15) is 44.9 Å². The molecule has 2 heterocycles. The Bertz CT molecular complexity index is 1480. The second-order valence-corrected chi connectivity index (χ2v) is 11.9. The van der Waals surface area contributed by atoms with Gasteiger partial charge in [-0.1, -0.05) is 0 Å². The monoisotopic (exact) mass is 736 g/mol. The highest BCUT2D eigenvalue weighted by molar-refractivity contribution is 7.81. The lowest BCUT2D eigenvalue weighted by Crippen LogP contribution is -2.51. The molecule has 20 nitrogen and oxygen atoms in total. The van der Waals surface area contributed by atoms with Crippen LogP contribution in [0.15, 0.2) is 12.2 Å². The number of nitrogens with one attached hydrogen (secondary N) is 4. The number of hydrogen-bond acceptors (Lipinski definition) is 13. The lowest BCUT2D eigenvalue weighted by atomic mass is 10.2. The summed E-state index contributed by atoms with van der Waals surface area (Å²) in [6, 6.07) is 0. The van der Waals surface area contributed by atoms with Gasteiger partial charge in [-0.05, 0) is 0 Å². The van der Waals surface area contributed by atoms with Crippen LogP contribution < -0.4 is 21.3 Å². The molecule has 1 unspecified atom stereocenters. The van der Waals surface area contributed by atoms with Gasteiger partial charge in [0.25, 0.3) is 23.6 Å². The van der Waals surface area contributed by atoms with E-state index in [4.69, 9.17) is 0 Å². The van der Waals surface area contributed by atoms with Crippen LogP contribution in [0.25, 0.3) is 0 Å². The van der Waals surface area contributed by atoms with Gasteiger partial charge in [-0.15, -0.1) is 0 Å². The second kappa shape index (κ2) is 20.3. The third kappa shape index (κ3) is 14.1. The van der Waals surface area contributed by atoms with E-state index >= 15 is 0 Å². The molecule has 1 atom stereocenters. The Kier molecular flexibility index (Phi) is 16.6. The third-order valence-electron chi connectivity index (χ3n) is 7.52. The summed E-state index contributed by atoms with van der Waals surface area (Å²) in [5.74, 6) is -6.78. The Balaban J connectivity index is 1.56. The fourth-order valence-electron chi connectivity index (χ4n) is 4.32. The Labute approximate surface area is 297 Å². The summed E-state index contributed by atoms with van der Waals surface area (Å²) in [6.07, 6.45) is 0.648. The Morgan fingerprint density at radius 1 is 0.608 bits per heavy atom. The molecule has 10 amide bonds. The Hall–Kier alpha value is -5.47. The number of imide groups is 2. The summed E-state index contributed by atoms with van der Waals surface area (Å²) >= 11 is 3.99. The molecule has 2 rings (SSSR count). The second-order valence-electron chi connectivity index (χ2n) is 11.3. The van der Waals surface area contributed by atoms with Crippen LogP contribution in [0.3, 0.4) is 0 Å². The molecule has 0 saturated carbocycles. The lowest BCUT2D eigenvalue weighted by molar-refractivity contribution is -0.157. The number of rotatable bonds is 20. The molecule has 21 heteroatoms. The van der Waals surface area contributed by atoms with Crippen molar-refractivity contribution in [3.63, 3.8) is 0 Å². The number of nitrogens with zero attached hydrogens (tertiary/aromatic N) is 4. The van der Waals surface area contributed by atoms with Crippen LogP contribution in [-0.4, -0.2) is 149 Å². The Morgan fingerprint density at radius 2 is 0.980 bits per heavy atom. The molecular formula is C30H40N8O12S. The minimum atomic E-state index is -0.734. The van der Waals surface area contributed by atoms with Crippen LogP contribution in [0.4, 0.5) is 0 Å². The average Bonchev–Trinajstić information content (AvgIpc) is 3.55. The molecule has 0 aromatic rings. The maximum Gasteiger partial charge on any atom is 0.260 e. The number of thiol groups is 1. The van der Waals surface area contributed by atoms with Crippen molar-refractivity contribution in [1.29, 1.82) is 0 Å². The molecule has 0 aliphatic carbocycles. The summed E-state index contributed by atoms with van der Waals surface area (Å²) in [5.41, 5.74) is 0.